The molecule has 1 aliphatic heterocycles. The number of ether oxygens (including phenoxy) is 1. The molecule has 0 radical (unpaired) electrons. The number of esters is 1. The molecule has 1 heterocycles. The number of halogens is 2. The second-order valence-electron chi connectivity index (χ2n) is 4.87. The summed E-state index contributed by atoms with van der Waals surface area (Å²) in [7, 11) is -3.52. The van der Waals surface area contributed by atoms with Gasteiger partial charge in [-0.15, -0.1) is 3.89 Å². The summed E-state index contributed by atoms with van der Waals surface area (Å²) in [5, 5.41) is -1.37. The number of hydrogen-bond donors (Lipinski definition) is 0. The van der Waals surface area contributed by atoms with Crippen molar-refractivity contribution in [2.75, 3.05) is 18.6 Å². The van der Waals surface area contributed by atoms with Gasteiger partial charge in [0.15, 0.2) is 0 Å². The predicted molar refractivity (Wildman–Crippen MR) is 81.0 cm³/mol. The van der Waals surface area contributed by atoms with Crippen molar-refractivity contribution in [3.8, 4) is 0 Å². The first kappa shape index (κ1) is 16.9. The van der Waals surface area contributed by atoms with Crippen LogP contribution in [0.3, 0.4) is 0 Å². The Morgan fingerprint density at radius 3 is 2.59 bits per heavy atom. The van der Waals surface area contributed by atoms with Crippen molar-refractivity contribution >= 4 is 43.7 Å². The minimum Gasteiger partial charge on any atom is -0.465 e. The number of anilines is 1. The molecule has 1 saturated heterocycles. The molecule has 2 rings (SSSR count). The van der Waals surface area contributed by atoms with Crippen molar-refractivity contribution < 1.29 is 26.6 Å². The van der Waals surface area contributed by atoms with Crippen LogP contribution < -0.4 is 4.90 Å². The highest BCUT2D eigenvalue weighted by Crippen LogP contribution is 2.35. The van der Waals surface area contributed by atoms with Gasteiger partial charge in [-0.3, -0.25) is 4.79 Å². The maximum absolute atomic E-state index is 13.1. The zero-order valence-electron chi connectivity index (χ0n) is 11.8. The van der Waals surface area contributed by atoms with Gasteiger partial charge >= 0.3 is 16.2 Å². The van der Waals surface area contributed by atoms with Crippen molar-refractivity contribution in [2.45, 2.75) is 18.6 Å². The van der Waals surface area contributed by atoms with Crippen LogP contribution in [-0.4, -0.2) is 39.2 Å². The third-order valence-electron chi connectivity index (χ3n) is 3.55. The summed E-state index contributed by atoms with van der Waals surface area (Å²) in [4.78, 5) is 24.8. The van der Waals surface area contributed by atoms with Crippen LogP contribution in [0.4, 0.5) is 9.57 Å². The van der Waals surface area contributed by atoms with E-state index in [1.54, 1.807) is 6.92 Å². The number of nitrogens with zero attached hydrogens (tertiary/aromatic N) is 1. The Bertz CT molecular complexity index is 749. The second-order valence-corrected chi connectivity index (χ2v) is 7.28. The summed E-state index contributed by atoms with van der Waals surface area (Å²) < 4.78 is 40.1. The molecule has 1 aliphatic rings. The maximum Gasteiger partial charge on any atom is 0.338 e. The number of hydrogen-bond acceptors (Lipinski definition) is 5. The number of amides is 1. The molecule has 0 aromatic heterocycles. The molecule has 0 spiro atoms. The molecule has 0 saturated carbocycles. The number of benzene rings is 1. The van der Waals surface area contributed by atoms with Crippen molar-refractivity contribution in [1.82, 2.24) is 0 Å². The number of carbonyl (C=O) groups excluding carboxylic acids is 2. The van der Waals surface area contributed by atoms with E-state index in [2.05, 4.69) is 20.7 Å². The molecular weight excluding hydrogens is 381 g/mol. The van der Waals surface area contributed by atoms with E-state index in [0.29, 0.717) is 21.3 Å². The molecule has 9 heteroatoms. The quantitative estimate of drug-likeness (QED) is 0.578. The molecule has 22 heavy (non-hydrogen) atoms. The van der Waals surface area contributed by atoms with E-state index in [9.17, 15) is 21.9 Å². The van der Waals surface area contributed by atoms with E-state index in [4.69, 9.17) is 0 Å². The van der Waals surface area contributed by atoms with Crippen molar-refractivity contribution in [1.29, 1.82) is 0 Å². The van der Waals surface area contributed by atoms with Crippen LogP contribution in [-0.2, 0) is 19.8 Å². The molecule has 1 atom stereocenters. The lowest BCUT2D eigenvalue weighted by Gasteiger charge is -2.20. The fourth-order valence-corrected chi connectivity index (χ4v) is 3.54. The Hall–Kier alpha value is -1.48. The third kappa shape index (κ3) is 3.00. The molecule has 0 bridgehead atoms. The topological polar surface area (TPSA) is 80.8 Å². The van der Waals surface area contributed by atoms with Crippen LogP contribution >= 0.6 is 15.9 Å². The fourth-order valence-electron chi connectivity index (χ4n) is 2.31. The minimum atomic E-state index is -4.78. The molecular formula is C13H13BrFNO5S. The van der Waals surface area contributed by atoms with Gasteiger partial charge in [-0.25, -0.2) is 4.79 Å². The van der Waals surface area contributed by atoms with E-state index in [1.807, 2.05) is 0 Å². The Morgan fingerprint density at radius 2 is 2.09 bits per heavy atom. The van der Waals surface area contributed by atoms with Gasteiger partial charge < -0.3 is 9.64 Å². The largest absolute Gasteiger partial charge is 0.465 e. The lowest BCUT2D eigenvalue weighted by atomic mass is 10.1. The van der Waals surface area contributed by atoms with Gasteiger partial charge in [0, 0.05) is 17.4 Å². The van der Waals surface area contributed by atoms with Gasteiger partial charge in [0.2, 0.25) is 5.91 Å². The van der Waals surface area contributed by atoms with Gasteiger partial charge in [0.25, 0.3) is 0 Å². The number of carbonyl (C=O) groups is 2. The third-order valence-corrected chi connectivity index (χ3v) is 5.66. The summed E-state index contributed by atoms with van der Waals surface area (Å²) in [6, 6.07) is 2.97. The van der Waals surface area contributed by atoms with Crippen LogP contribution in [0.2, 0.25) is 0 Å². The summed E-state index contributed by atoms with van der Waals surface area (Å²) in [5.74, 6) is -1.01. The lowest BCUT2D eigenvalue weighted by molar-refractivity contribution is -0.117. The zero-order chi connectivity index (χ0) is 16.7. The minimum absolute atomic E-state index is 0.257. The Morgan fingerprint density at radius 1 is 1.45 bits per heavy atom. The first-order valence-corrected chi connectivity index (χ1v) is 8.52. The van der Waals surface area contributed by atoms with E-state index in [0.717, 1.165) is 0 Å². The van der Waals surface area contributed by atoms with E-state index < -0.39 is 33.8 Å². The summed E-state index contributed by atoms with van der Waals surface area (Å²) in [5.41, 5.74) is 1.25. The van der Waals surface area contributed by atoms with Crippen molar-refractivity contribution in [3.63, 3.8) is 0 Å². The Balaban J connectivity index is 2.41. The fraction of sp³-hybridized carbons (Fsp3) is 0.385. The second kappa shape index (κ2) is 5.96. The summed E-state index contributed by atoms with van der Waals surface area (Å²) in [6.45, 7) is 1.40. The molecule has 120 valence electrons. The van der Waals surface area contributed by atoms with Gasteiger partial charge in [0.05, 0.1) is 18.4 Å². The maximum atomic E-state index is 13.1. The van der Waals surface area contributed by atoms with Crippen LogP contribution in [0.15, 0.2) is 16.6 Å². The summed E-state index contributed by atoms with van der Waals surface area (Å²) in [6.07, 6.45) is -0.400. The normalized spacial score (nSPS) is 18.6. The van der Waals surface area contributed by atoms with E-state index >= 15 is 0 Å². The average Bonchev–Trinajstić information content (AvgIpc) is 2.83. The lowest BCUT2D eigenvalue weighted by Crippen LogP contribution is -2.27. The first-order valence-electron chi connectivity index (χ1n) is 6.28. The van der Waals surface area contributed by atoms with Crippen LogP contribution in [0.1, 0.15) is 22.3 Å². The first-order chi connectivity index (χ1) is 10.2. The monoisotopic (exact) mass is 393 g/mol. The Kier molecular flexibility index (Phi) is 4.57. The molecule has 0 N–H and O–H groups in total. The summed E-state index contributed by atoms with van der Waals surface area (Å²) >= 11 is 3.29. The molecule has 1 unspecified atom stereocenters. The van der Waals surface area contributed by atoms with Crippen molar-refractivity contribution in [2.24, 2.45) is 0 Å². The van der Waals surface area contributed by atoms with E-state index in [1.165, 1.54) is 24.1 Å². The smallest absolute Gasteiger partial charge is 0.338 e. The van der Waals surface area contributed by atoms with Gasteiger partial charge in [-0.05, 0) is 40.5 Å². The van der Waals surface area contributed by atoms with Gasteiger partial charge in [-0.2, -0.15) is 8.42 Å². The highest BCUT2D eigenvalue weighted by Gasteiger charge is 2.39. The molecule has 1 fully saturated rings. The molecule has 1 aromatic rings. The highest BCUT2D eigenvalue weighted by atomic mass is 79.9. The van der Waals surface area contributed by atoms with Crippen LogP contribution in [0.5, 0.6) is 0 Å². The van der Waals surface area contributed by atoms with Crippen LogP contribution in [0, 0.1) is 6.92 Å². The van der Waals surface area contributed by atoms with Crippen LogP contribution in [0.25, 0.3) is 0 Å². The number of rotatable bonds is 3. The van der Waals surface area contributed by atoms with Gasteiger partial charge in [0.1, 0.15) is 5.25 Å². The zero-order valence-corrected chi connectivity index (χ0v) is 14.2. The van der Waals surface area contributed by atoms with Gasteiger partial charge in [-0.1, -0.05) is 0 Å². The molecule has 6 nitrogen and oxygen atoms in total. The number of methoxy groups -OCH3 is 1. The SMILES string of the molecule is COC(=O)c1ccc(N2CC(S(=O)(=O)F)CC2=O)c(Br)c1C. The highest BCUT2D eigenvalue weighted by molar-refractivity contribution is 9.10. The molecule has 1 aromatic carbocycles. The predicted octanol–water partition coefficient (Wildman–Crippen LogP) is 1.95. The Labute approximate surface area is 135 Å². The van der Waals surface area contributed by atoms with E-state index in [-0.39, 0.29) is 6.54 Å². The average molecular weight is 394 g/mol. The molecule has 1 amide bonds. The molecule has 0 aliphatic carbocycles. The standard InChI is InChI=1S/C13H13BrFNO5S/c1-7-9(13(18)21-2)3-4-10(12(7)14)16-6-8(5-11(16)17)22(15,19)20/h3-4,8H,5-6H2,1-2H3. The van der Waals surface area contributed by atoms with Crippen molar-refractivity contribution in [3.05, 3.63) is 27.7 Å².